The molecule has 0 radical (unpaired) electrons. The van der Waals surface area contributed by atoms with Gasteiger partial charge in [-0.25, -0.2) is 4.79 Å². The molecule has 296 valence electrons. The van der Waals surface area contributed by atoms with E-state index in [9.17, 15) is 19.8 Å². The van der Waals surface area contributed by atoms with Gasteiger partial charge in [0.05, 0.1) is 37.2 Å². The number of methoxy groups -OCH3 is 2. The summed E-state index contributed by atoms with van der Waals surface area (Å²) in [5.74, 6) is 1.37. The lowest BCUT2D eigenvalue weighted by molar-refractivity contribution is -0.188. The van der Waals surface area contributed by atoms with Crippen LogP contribution in [0, 0.1) is 13.8 Å². The molecule has 15 heteroatoms. The van der Waals surface area contributed by atoms with Crippen molar-refractivity contribution in [2.24, 2.45) is 0 Å². The average Bonchev–Trinajstić information content (AvgIpc) is 3.79. The number of aromatic nitrogens is 1. The molecule has 7 heterocycles. The number of rotatable bonds is 5. The van der Waals surface area contributed by atoms with Gasteiger partial charge in [-0.2, -0.15) is 0 Å². The van der Waals surface area contributed by atoms with E-state index >= 15 is 0 Å². The Morgan fingerprint density at radius 1 is 1.07 bits per heavy atom. The Kier molecular flexibility index (Phi) is 8.71. The van der Waals surface area contributed by atoms with Crippen LogP contribution < -0.4 is 29.0 Å². The zero-order chi connectivity index (χ0) is 39.4. The molecule has 56 heavy (non-hydrogen) atoms. The van der Waals surface area contributed by atoms with E-state index in [1.54, 1.807) is 7.11 Å². The number of phenols is 1. The van der Waals surface area contributed by atoms with Crippen molar-refractivity contribution in [3.05, 3.63) is 68.9 Å². The number of nitrogens with one attached hydrogen (secondary N) is 2. The fraction of sp³-hybridized carbons (Fsp3) is 0.463. The summed E-state index contributed by atoms with van der Waals surface area (Å²) in [4.78, 5) is 35.3. The maximum Gasteiger partial charge on any atom is 0.333 e. The average molecular weight is 787 g/mol. The van der Waals surface area contributed by atoms with Gasteiger partial charge >= 0.3 is 11.9 Å². The fourth-order valence-electron chi connectivity index (χ4n) is 9.97. The zero-order valence-corrected chi connectivity index (χ0v) is 33.3. The molecule has 1 spiro atoms. The van der Waals surface area contributed by atoms with Crippen LogP contribution in [0.25, 0.3) is 10.9 Å². The predicted octanol–water partition coefficient (Wildman–Crippen LogP) is 4.44. The van der Waals surface area contributed by atoms with Crippen molar-refractivity contribution in [2.75, 3.05) is 60.6 Å². The van der Waals surface area contributed by atoms with Crippen molar-refractivity contribution in [2.45, 2.75) is 62.2 Å². The van der Waals surface area contributed by atoms with Gasteiger partial charge in [0, 0.05) is 65.3 Å². The first-order valence-corrected chi connectivity index (χ1v) is 19.8. The van der Waals surface area contributed by atoms with E-state index in [0.29, 0.717) is 69.7 Å². The molecular formula is C41H46N4O10S. The summed E-state index contributed by atoms with van der Waals surface area (Å²) < 4.78 is 36.3. The maximum atomic E-state index is 14.9. The van der Waals surface area contributed by atoms with E-state index in [0.717, 1.165) is 27.6 Å². The van der Waals surface area contributed by atoms with Crippen LogP contribution >= 0.6 is 11.8 Å². The number of aromatic hydroxyl groups is 1. The number of H-pyrrole nitrogens is 1. The van der Waals surface area contributed by atoms with Crippen molar-refractivity contribution in [3.63, 3.8) is 0 Å². The van der Waals surface area contributed by atoms with Gasteiger partial charge in [0.1, 0.15) is 23.8 Å². The van der Waals surface area contributed by atoms with Crippen LogP contribution in [0.1, 0.15) is 68.9 Å². The molecule has 4 aromatic rings. The number of aliphatic hydroxyl groups is 1. The predicted molar refractivity (Wildman–Crippen MR) is 207 cm³/mol. The Morgan fingerprint density at radius 2 is 1.86 bits per heavy atom. The van der Waals surface area contributed by atoms with Crippen LogP contribution in [-0.4, -0.2) is 103 Å². The molecule has 6 aliphatic rings. The van der Waals surface area contributed by atoms with Gasteiger partial charge in [-0.1, -0.05) is 6.07 Å². The molecule has 1 aromatic heterocycles. The number of esters is 2. The first-order chi connectivity index (χ1) is 26.8. The molecule has 0 amide bonds. The van der Waals surface area contributed by atoms with E-state index in [4.69, 9.17) is 28.4 Å². The zero-order valence-electron chi connectivity index (χ0n) is 32.5. The minimum absolute atomic E-state index is 0.0323. The number of nitrogens with zero attached hydrogens (tertiary/aromatic N) is 2. The van der Waals surface area contributed by atoms with Crippen molar-refractivity contribution in [1.82, 2.24) is 20.1 Å². The number of likely N-dealkylation sites (N-methyl/N-ethyl adjacent to an activating group) is 1. The highest BCUT2D eigenvalue weighted by Gasteiger charge is 2.60. The summed E-state index contributed by atoms with van der Waals surface area (Å²) in [5, 5.41) is 29.3. The number of aromatic amines is 1. The Balaban J connectivity index is 1.34. The number of thioether (sulfide) groups is 1. The Bertz CT molecular complexity index is 2330. The summed E-state index contributed by atoms with van der Waals surface area (Å²) in [5.41, 5.74) is 3.65. The smallest absolute Gasteiger partial charge is 0.333 e. The molecule has 5 atom stereocenters. The highest BCUT2D eigenvalue weighted by molar-refractivity contribution is 7.99. The van der Waals surface area contributed by atoms with E-state index in [1.807, 2.05) is 62.0 Å². The molecule has 2 bridgehead atoms. The van der Waals surface area contributed by atoms with Gasteiger partial charge in [-0.05, 0) is 69.3 Å². The number of benzene rings is 3. The van der Waals surface area contributed by atoms with Crippen LogP contribution in [-0.2, 0) is 32.7 Å². The number of hydrogen-bond acceptors (Lipinski definition) is 14. The molecule has 1 saturated heterocycles. The second kappa shape index (κ2) is 13.2. The fourth-order valence-corrected chi connectivity index (χ4v) is 11.6. The minimum atomic E-state index is -1.54. The van der Waals surface area contributed by atoms with Gasteiger partial charge in [0.15, 0.2) is 28.5 Å². The monoisotopic (exact) mass is 786 g/mol. The van der Waals surface area contributed by atoms with Crippen LogP contribution in [0.2, 0.25) is 0 Å². The van der Waals surface area contributed by atoms with Crippen LogP contribution in [0.4, 0.5) is 0 Å². The van der Waals surface area contributed by atoms with E-state index < -0.39 is 40.5 Å². The van der Waals surface area contributed by atoms with Crippen LogP contribution in [0.3, 0.4) is 0 Å². The topological polar surface area (TPSA) is 164 Å². The summed E-state index contributed by atoms with van der Waals surface area (Å²) in [6.07, 6.45) is 0.826. The molecular weight excluding hydrogens is 741 g/mol. The summed E-state index contributed by atoms with van der Waals surface area (Å²) in [6.45, 7) is 5.50. The van der Waals surface area contributed by atoms with Crippen LogP contribution in [0.15, 0.2) is 24.3 Å². The number of aryl methyl sites for hydroxylation is 1. The number of phenolic OH excluding ortho intramolecular Hbond substituents is 1. The number of carbonyl (C=O) groups is 2. The number of carbonyl (C=O) groups excluding carboxylic acids is 2. The molecule has 14 nitrogen and oxygen atoms in total. The molecule has 0 unspecified atom stereocenters. The highest BCUT2D eigenvalue weighted by atomic mass is 32.2. The standard InChI is InChI=1S/C41H46N4O10S/c1-19-12-22-14-40(49,16-44(4)5)45-27-15-52-39(48)41(38-24(10-11-42-41)25-13-23(50-6)8-9-26(25)43-38)17-56-37(31(45)28(22)32(47)33(19)51-7)30-29(27)36-35(53-18-54-36)20(2)34(30)55-21(3)46/h8-9,12-13,27,31,37,42-43,47,49H,10-11,14-18H2,1-7H3/t27-,31+,37+,40+,41+/m0/s1. The highest BCUT2D eigenvalue weighted by Crippen LogP contribution is 2.66. The van der Waals surface area contributed by atoms with Gasteiger partial charge in [-0.15, -0.1) is 11.8 Å². The molecule has 0 aliphatic carbocycles. The van der Waals surface area contributed by atoms with Crippen molar-refractivity contribution in [1.29, 1.82) is 0 Å². The minimum Gasteiger partial charge on any atom is -0.504 e. The third-order valence-electron chi connectivity index (χ3n) is 12.0. The third kappa shape index (κ3) is 5.24. The number of hydrogen-bond donors (Lipinski definition) is 4. The van der Waals surface area contributed by atoms with Crippen molar-refractivity contribution in [3.8, 4) is 34.5 Å². The van der Waals surface area contributed by atoms with E-state index in [2.05, 4.69) is 10.3 Å². The van der Waals surface area contributed by atoms with Crippen molar-refractivity contribution >= 4 is 34.6 Å². The molecule has 0 saturated carbocycles. The molecule has 4 N–H and O–H groups in total. The van der Waals surface area contributed by atoms with E-state index in [1.165, 1.54) is 25.8 Å². The lowest BCUT2D eigenvalue weighted by Crippen LogP contribution is -2.64. The largest absolute Gasteiger partial charge is 0.504 e. The van der Waals surface area contributed by atoms with Crippen LogP contribution in [0.5, 0.6) is 34.5 Å². The summed E-state index contributed by atoms with van der Waals surface area (Å²) in [7, 11) is 6.94. The quantitative estimate of drug-likeness (QED) is 0.166. The number of fused-ring (bicyclic) bond motifs is 8. The molecule has 3 aromatic carbocycles. The lowest BCUT2D eigenvalue weighted by Gasteiger charge is -2.58. The van der Waals surface area contributed by atoms with Gasteiger partial charge in [0.2, 0.25) is 6.79 Å². The maximum absolute atomic E-state index is 14.9. The second-order valence-corrected chi connectivity index (χ2v) is 16.8. The molecule has 6 aliphatic heterocycles. The second-order valence-electron chi connectivity index (χ2n) is 15.7. The number of ether oxygens (including phenoxy) is 6. The first-order valence-electron chi connectivity index (χ1n) is 18.7. The lowest BCUT2D eigenvalue weighted by atomic mass is 9.74. The van der Waals surface area contributed by atoms with E-state index in [-0.39, 0.29) is 37.9 Å². The Labute approximate surface area is 328 Å². The normalized spacial score (nSPS) is 26.4. The summed E-state index contributed by atoms with van der Waals surface area (Å²) in [6, 6.07) is 6.20. The van der Waals surface area contributed by atoms with Gasteiger partial charge in [0.25, 0.3) is 0 Å². The Morgan fingerprint density at radius 3 is 2.59 bits per heavy atom. The first kappa shape index (κ1) is 36.9. The van der Waals surface area contributed by atoms with Gasteiger partial charge < -0.3 is 48.5 Å². The van der Waals surface area contributed by atoms with Crippen molar-refractivity contribution < 1.29 is 48.2 Å². The molecule has 10 rings (SSSR count). The molecule has 1 fully saturated rings. The van der Waals surface area contributed by atoms with Gasteiger partial charge in [-0.3, -0.25) is 15.0 Å². The SMILES string of the molecule is COc1ccc2[nH]c3c(c2c1)CCN[C@]31CS[C@@H]2c3c(OC(C)=O)c(C)c4c(c3[C@H](COC1=O)N1[C@@H]2c2c(cc(C)c(OC)c2O)C[C@@]1(O)CN(C)C)OCO4. The Hall–Kier alpha value is -4.67. The third-order valence-corrected chi connectivity index (χ3v) is 13.4. The summed E-state index contributed by atoms with van der Waals surface area (Å²) >= 11 is 1.47.